The van der Waals surface area contributed by atoms with E-state index in [-0.39, 0.29) is 10.8 Å². The van der Waals surface area contributed by atoms with E-state index in [1.807, 2.05) is 0 Å². The molecule has 0 saturated carbocycles. The summed E-state index contributed by atoms with van der Waals surface area (Å²) < 4.78 is 27.8. The highest BCUT2D eigenvalue weighted by molar-refractivity contribution is 8.01. The molecule has 0 bridgehead atoms. The predicted octanol–water partition coefficient (Wildman–Crippen LogP) is 2.55. The fourth-order valence-electron chi connectivity index (χ4n) is 3.45. The Morgan fingerprint density at radius 2 is 2.03 bits per heavy atom. The van der Waals surface area contributed by atoms with Crippen LogP contribution in [0.15, 0.2) is 52.5 Å². The third-order valence-corrected chi connectivity index (χ3v) is 7.88. The van der Waals surface area contributed by atoms with Crippen molar-refractivity contribution in [3.05, 3.63) is 42.7 Å². The predicted molar refractivity (Wildman–Crippen MR) is 115 cm³/mol. The maximum Gasteiger partial charge on any atom is 0.262 e. The smallest absolute Gasteiger partial charge is 0.262 e. The minimum Gasteiger partial charge on any atom is -0.341 e. The van der Waals surface area contributed by atoms with Crippen LogP contribution >= 0.6 is 11.8 Å². The molecule has 2 aliphatic rings. The first kappa shape index (κ1) is 20.7. The van der Waals surface area contributed by atoms with Gasteiger partial charge in [-0.3, -0.25) is 19.3 Å². The fourth-order valence-corrected chi connectivity index (χ4v) is 5.57. The molecular weight excluding hydrogens is 424 g/mol. The molecule has 30 heavy (non-hydrogen) atoms. The lowest BCUT2D eigenvalue weighted by molar-refractivity contribution is -0.135. The standard InChI is InChI=1S/C20H22N4O4S2/c1-13-6-9-24(10-7-13)20(26)18-19(25)22-16-11-15(4-5-17(16)29-18)30(27,28)23-14-3-2-8-21-12-14/h2-5,8,11-13,18,23H,6-7,9-10H2,1H3,(H,22,25)/t18-/m1/s1. The molecule has 0 spiro atoms. The number of fused-ring (bicyclic) bond motifs is 1. The number of aromatic nitrogens is 1. The van der Waals surface area contributed by atoms with Crippen LogP contribution < -0.4 is 10.0 Å². The summed E-state index contributed by atoms with van der Waals surface area (Å²) in [6.45, 7) is 3.48. The van der Waals surface area contributed by atoms with Crippen LogP contribution in [0.4, 0.5) is 11.4 Å². The van der Waals surface area contributed by atoms with Crippen molar-refractivity contribution in [2.24, 2.45) is 5.92 Å². The van der Waals surface area contributed by atoms with Gasteiger partial charge in [0.15, 0.2) is 5.25 Å². The Labute approximate surface area is 179 Å². The zero-order chi connectivity index (χ0) is 21.3. The summed E-state index contributed by atoms with van der Waals surface area (Å²) in [5, 5.41) is 1.84. The van der Waals surface area contributed by atoms with Gasteiger partial charge in [-0.1, -0.05) is 6.92 Å². The van der Waals surface area contributed by atoms with Crippen molar-refractivity contribution < 1.29 is 18.0 Å². The number of hydrogen-bond donors (Lipinski definition) is 2. The van der Waals surface area contributed by atoms with Gasteiger partial charge in [0.1, 0.15) is 0 Å². The Bertz CT molecular complexity index is 1070. The molecule has 2 aromatic rings. The number of nitrogens with zero attached hydrogens (tertiary/aromatic N) is 2. The molecule has 2 amide bonds. The van der Waals surface area contributed by atoms with Crippen LogP contribution in [0.2, 0.25) is 0 Å². The molecule has 1 fully saturated rings. The number of carbonyl (C=O) groups is 2. The van der Waals surface area contributed by atoms with E-state index in [1.54, 1.807) is 29.3 Å². The second-order valence-electron chi connectivity index (χ2n) is 7.50. The number of nitrogens with one attached hydrogen (secondary N) is 2. The molecule has 3 heterocycles. The van der Waals surface area contributed by atoms with E-state index in [2.05, 4.69) is 21.9 Å². The van der Waals surface area contributed by atoms with Crippen LogP contribution in [-0.4, -0.2) is 48.5 Å². The highest BCUT2D eigenvalue weighted by Gasteiger charge is 2.37. The summed E-state index contributed by atoms with van der Waals surface area (Å²) in [4.78, 5) is 31.8. The summed E-state index contributed by atoms with van der Waals surface area (Å²) in [5.74, 6) is -0.0286. The number of thioether (sulfide) groups is 1. The van der Waals surface area contributed by atoms with E-state index in [1.165, 1.54) is 18.3 Å². The van der Waals surface area contributed by atoms with Gasteiger partial charge < -0.3 is 10.2 Å². The molecule has 1 aromatic heterocycles. The van der Waals surface area contributed by atoms with Gasteiger partial charge in [0.05, 0.1) is 22.5 Å². The van der Waals surface area contributed by atoms with Gasteiger partial charge in [0.2, 0.25) is 11.8 Å². The first-order valence-electron chi connectivity index (χ1n) is 9.67. The topological polar surface area (TPSA) is 108 Å². The monoisotopic (exact) mass is 446 g/mol. The van der Waals surface area contributed by atoms with Gasteiger partial charge in [-0.15, -0.1) is 11.8 Å². The summed E-state index contributed by atoms with van der Waals surface area (Å²) in [6.07, 6.45) is 4.83. The van der Waals surface area contributed by atoms with Crippen molar-refractivity contribution in [2.75, 3.05) is 23.1 Å². The van der Waals surface area contributed by atoms with E-state index in [0.29, 0.717) is 35.3 Å². The number of rotatable bonds is 4. The lowest BCUT2D eigenvalue weighted by atomic mass is 9.99. The average molecular weight is 447 g/mol. The first-order valence-corrected chi connectivity index (χ1v) is 12.0. The normalized spacial score (nSPS) is 19.7. The van der Waals surface area contributed by atoms with E-state index in [0.717, 1.165) is 24.6 Å². The minimum atomic E-state index is -3.84. The minimum absolute atomic E-state index is 0.0146. The summed E-state index contributed by atoms with van der Waals surface area (Å²) in [7, 11) is -3.84. The molecule has 10 heteroatoms. The Morgan fingerprint density at radius 1 is 1.27 bits per heavy atom. The summed E-state index contributed by atoms with van der Waals surface area (Å²) >= 11 is 1.16. The highest BCUT2D eigenvalue weighted by Crippen LogP contribution is 2.38. The van der Waals surface area contributed by atoms with Gasteiger partial charge >= 0.3 is 0 Å². The number of pyridine rings is 1. The Morgan fingerprint density at radius 3 is 2.73 bits per heavy atom. The van der Waals surface area contributed by atoms with Crippen LogP contribution in [0.1, 0.15) is 19.8 Å². The number of piperidine rings is 1. The molecule has 0 aliphatic carbocycles. The van der Waals surface area contributed by atoms with Crippen molar-refractivity contribution in [1.82, 2.24) is 9.88 Å². The van der Waals surface area contributed by atoms with Gasteiger partial charge in [-0.25, -0.2) is 8.42 Å². The number of anilines is 2. The Balaban J connectivity index is 1.52. The molecule has 1 saturated heterocycles. The zero-order valence-electron chi connectivity index (χ0n) is 16.4. The molecule has 0 unspecified atom stereocenters. The van der Waals surface area contributed by atoms with Crippen LogP contribution in [-0.2, 0) is 19.6 Å². The molecular formula is C20H22N4O4S2. The summed E-state index contributed by atoms with van der Waals surface area (Å²) in [6, 6.07) is 7.71. The third-order valence-electron chi connectivity index (χ3n) is 5.24. The number of carbonyl (C=O) groups excluding carboxylic acids is 2. The highest BCUT2D eigenvalue weighted by atomic mass is 32.2. The van der Waals surface area contributed by atoms with E-state index in [9.17, 15) is 18.0 Å². The maximum atomic E-state index is 12.8. The van der Waals surface area contributed by atoms with E-state index < -0.39 is 21.2 Å². The summed E-state index contributed by atoms with van der Waals surface area (Å²) in [5.41, 5.74) is 0.727. The Hall–Kier alpha value is -2.59. The fraction of sp³-hybridized carbons (Fsp3) is 0.350. The quantitative estimate of drug-likeness (QED) is 0.699. The van der Waals surface area contributed by atoms with E-state index in [4.69, 9.17) is 0 Å². The van der Waals surface area contributed by atoms with Crippen LogP contribution in [0.3, 0.4) is 0 Å². The molecule has 1 aromatic carbocycles. The molecule has 4 rings (SSSR count). The maximum absolute atomic E-state index is 12.8. The number of likely N-dealkylation sites (tertiary alicyclic amines) is 1. The second kappa shape index (κ2) is 8.27. The SMILES string of the molecule is CC1CCN(C(=O)[C@@H]2Sc3ccc(S(=O)(=O)Nc4cccnc4)cc3NC2=O)CC1. The largest absolute Gasteiger partial charge is 0.341 e. The molecule has 1 atom stereocenters. The molecule has 2 N–H and O–H groups in total. The first-order chi connectivity index (χ1) is 14.3. The molecule has 0 radical (unpaired) electrons. The molecule has 8 nitrogen and oxygen atoms in total. The van der Waals surface area contributed by atoms with E-state index >= 15 is 0 Å². The average Bonchev–Trinajstić information content (AvgIpc) is 2.73. The number of amides is 2. The number of sulfonamides is 1. The lowest BCUT2D eigenvalue weighted by Crippen LogP contribution is -2.47. The second-order valence-corrected chi connectivity index (χ2v) is 10.3. The number of hydrogen-bond acceptors (Lipinski definition) is 6. The van der Waals surface area contributed by atoms with Crippen molar-refractivity contribution in [3.63, 3.8) is 0 Å². The van der Waals surface area contributed by atoms with Gasteiger partial charge in [-0.2, -0.15) is 0 Å². The van der Waals surface area contributed by atoms with Crippen LogP contribution in [0, 0.1) is 5.92 Å². The van der Waals surface area contributed by atoms with Crippen molar-refractivity contribution in [2.45, 2.75) is 34.8 Å². The molecule has 158 valence electrons. The van der Waals surface area contributed by atoms with Crippen LogP contribution in [0.5, 0.6) is 0 Å². The third kappa shape index (κ3) is 4.29. The van der Waals surface area contributed by atoms with Crippen molar-refractivity contribution in [3.8, 4) is 0 Å². The van der Waals surface area contributed by atoms with Gasteiger partial charge in [0.25, 0.3) is 10.0 Å². The molecule has 2 aliphatic heterocycles. The Kier molecular flexibility index (Phi) is 5.70. The van der Waals surface area contributed by atoms with Gasteiger partial charge in [-0.05, 0) is 49.1 Å². The van der Waals surface area contributed by atoms with Gasteiger partial charge in [0, 0.05) is 24.2 Å². The van der Waals surface area contributed by atoms with Crippen LogP contribution in [0.25, 0.3) is 0 Å². The zero-order valence-corrected chi connectivity index (χ0v) is 18.0. The van der Waals surface area contributed by atoms with Crippen molar-refractivity contribution >= 4 is 45.0 Å². The number of benzene rings is 1. The van der Waals surface area contributed by atoms with Crippen molar-refractivity contribution in [1.29, 1.82) is 0 Å². The lowest BCUT2D eigenvalue weighted by Gasteiger charge is -2.33.